The zero-order valence-electron chi connectivity index (χ0n) is 16.2. The van der Waals surface area contributed by atoms with Crippen LogP contribution in [0.4, 0.5) is 0 Å². The molecule has 2 N–H and O–H groups in total. The van der Waals surface area contributed by atoms with Gasteiger partial charge in [0.25, 0.3) is 0 Å². The summed E-state index contributed by atoms with van der Waals surface area (Å²) in [7, 11) is 1.77. The lowest BCUT2D eigenvalue weighted by atomic mass is 9.96. The Bertz CT molecular complexity index is 437. The molecule has 1 amide bonds. The maximum absolute atomic E-state index is 12.5. The van der Waals surface area contributed by atoms with Crippen molar-refractivity contribution in [2.75, 3.05) is 33.2 Å². The van der Waals surface area contributed by atoms with Crippen molar-refractivity contribution in [3.63, 3.8) is 0 Å². The van der Waals surface area contributed by atoms with Gasteiger partial charge in [-0.25, -0.2) is 0 Å². The lowest BCUT2D eigenvalue weighted by Crippen LogP contribution is -2.66. The van der Waals surface area contributed by atoms with Gasteiger partial charge in [-0.1, -0.05) is 0 Å². The molecule has 0 spiro atoms. The van der Waals surface area contributed by atoms with Gasteiger partial charge in [0.1, 0.15) is 0 Å². The van der Waals surface area contributed by atoms with E-state index in [0.717, 1.165) is 25.6 Å². The molecule has 0 aromatic heterocycles. The molecule has 1 heterocycles. The lowest BCUT2D eigenvalue weighted by molar-refractivity contribution is -0.145. The molecule has 1 aliphatic heterocycles. The maximum Gasteiger partial charge on any atom is 0.242 e. The van der Waals surface area contributed by atoms with Gasteiger partial charge in [-0.2, -0.15) is 0 Å². The van der Waals surface area contributed by atoms with E-state index in [1.807, 2.05) is 4.90 Å². The molecule has 0 unspecified atom stereocenters. The quantitative estimate of drug-likeness (QED) is 0.464. The first kappa shape index (κ1) is 19.7. The van der Waals surface area contributed by atoms with Crippen molar-refractivity contribution in [3.05, 3.63) is 0 Å². The van der Waals surface area contributed by atoms with Crippen LogP contribution in [-0.4, -0.2) is 72.0 Å². The minimum atomic E-state index is -0.204. The SMILES string of the molecule is CN=C(NCCNC(C)(C)C)N1CC(=O)N(C(C)C)C(C)(C)C1. The average molecular weight is 326 g/mol. The molecule has 1 saturated heterocycles. The van der Waals surface area contributed by atoms with Gasteiger partial charge in [-0.15, -0.1) is 0 Å². The molecular formula is C17H35N5O. The van der Waals surface area contributed by atoms with Crippen molar-refractivity contribution in [1.29, 1.82) is 0 Å². The number of carbonyl (C=O) groups is 1. The van der Waals surface area contributed by atoms with E-state index in [1.54, 1.807) is 7.05 Å². The second-order valence-electron chi connectivity index (χ2n) is 8.18. The summed E-state index contributed by atoms with van der Waals surface area (Å²) in [5.41, 5.74) is -0.100. The Labute approximate surface area is 141 Å². The van der Waals surface area contributed by atoms with Crippen molar-refractivity contribution < 1.29 is 4.79 Å². The Morgan fingerprint density at radius 1 is 1.30 bits per heavy atom. The van der Waals surface area contributed by atoms with Crippen LogP contribution in [0.25, 0.3) is 0 Å². The maximum atomic E-state index is 12.5. The van der Waals surface area contributed by atoms with Crippen molar-refractivity contribution in [1.82, 2.24) is 20.4 Å². The first-order chi connectivity index (χ1) is 10.5. The number of aliphatic imine (C=N–C) groups is 1. The van der Waals surface area contributed by atoms with Gasteiger partial charge in [0.05, 0.1) is 12.1 Å². The second-order valence-corrected chi connectivity index (χ2v) is 8.18. The smallest absolute Gasteiger partial charge is 0.242 e. The molecular weight excluding hydrogens is 290 g/mol. The van der Waals surface area contributed by atoms with Crippen molar-refractivity contribution in [3.8, 4) is 0 Å². The van der Waals surface area contributed by atoms with E-state index in [-0.39, 0.29) is 23.0 Å². The van der Waals surface area contributed by atoms with E-state index in [4.69, 9.17) is 0 Å². The predicted molar refractivity (Wildman–Crippen MR) is 96.8 cm³/mol. The number of carbonyl (C=O) groups excluding carboxylic acids is 1. The molecule has 0 aliphatic carbocycles. The molecule has 1 aliphatic rings. The largest absolute Gasteiger partial charge is 0.355 e. The molecule has 1 fully saturated rings. The van der Waals surface area contributed by atoms with E-state index in [9.17, 15) is 4.79 Å². The number of nitrogens with zero attached hydrogens (tertiary/aromatic N) is 3. The Morgan fingerprint density at radius 2 is 1.91 bits per heavy atom. The molecule has 0 aromatic rings. The fourth-order valence-electron chi connectivity index (χ4n) is 3.26. The molecule has 0 atom stereocenters. The van der Waals surface area contributed by atoms with Crippen molar-refractivity contribution in [2.45, 2.75) is 65.6 Å². The van der Waals surface area contributed by atoms with Crippen LogP contribution in [0.2, 0.25) is 0 Å². The number of amides is 1. The molecule has 0 aromatic carbocycles. The average Bonchev–Trinajstić information content (AvgIpc) is 2.34. The summed E-state index contributed by atoms with van der Waals surface area (Å²) < 4.78 is 0. The van der Waals surface area contributed by atoms with E-state index in [0.29, 0.717) is 6.54 Å². The summed E-state index contributed by atoms with van der Waals surface area (Å²) in [5.74, 6) is 0.956. The summed E-state index contributed by atoms with van der Waals surface area (Å²) in [6.45, 7) is 17.6. The molecule has 0 radical (unpaired) electrons. The van der Waals surface area contributed by atoms with Crippen LogP contribution in [0.1, 0.15) is 48.5 Å². The summed E-state index contributed by atoms with van der Waals surface area (Å²) in [6.07, 6.45) is 0. The van der Waals surface area contributed by atoms with E-state index >= 15 is 0 Å². The number of guanidine groups is 1. The molecule has 6 nitrogen and oxygen atoms in total. The van der Waals surface area contributed by atoms with Gasteiger partial charge in [-0.05, 0) is 48.5 Å². The summed E-state index contributed by atoms with van der Waals surface area (Å²) in [6, 6.07) is 0.214. The number of nitrogens with one attached hydrogen (secondary N) is 2. The lowest BCUT2D eigenvalue weighted by Gasteiger charge is -2.49. The fraction of sp³-hybridized carbons (Fsp3) is 0.882. The molecule has 23 heavy (non-hydrogen) atoms. The third-order valence-electron chi connectivity index (χ3n) is 3.92. The highest BCUT2D eigenvalue weighted by Crippen LogP contribution is 2.24. The van der Waals surface area contributed by atoms with Gasteiger partial charge >= 0.3 is 0 Å². The van der Waals surface area contributed by atoms with E-state index in [2.05, 4.69) is 69.0 Å². The Balaban J connectivity index is 2.65. The molecule has 6 heteroatoms. The normalized spacial score (nSPS) is 19.5. The Kier molecular flexibility index (Phi) is 6.45. The molecule has 0 bridgehead atoms. The van der Waals surface area contributed by atoms with Gasteiger partial charge in [0.2, 0.25) is 5.91 Å². The van der Waals surface area contributed by atoms with Crippen LogP contribution in [0, 0.1) is 0 Å². The minimum absolute atomic E-state index is 0.103. The standard InChI is InChI=1S/C17H35N5O/c1-13(2)22-14(23)11-21(12-17(22,6)7)15(18-8)19-9-10-20-16(3,4)5/h13,20H,9-12H2,1-8H3,(H,18,19). The summed E-state index contributed by atoms with van der Waals surface area (Å²) in [5, 5.41) is 6.80. The third kappa shape index (κ3) is 5.68. The van der Waals surface area contributed by atoms with E-state index < -0.39 is 0 Å². The van der Waals surface area contributed by atoms with Gasteiger partial charge in [0, 0.05) is 38.3 Å². The second kappa shape index (κ2) is 7.51. The zero-order valence-corrected chi connectivity index (χ0v) is 16.2. The zero-order chi connectivity index (χ0) is 17.8. The Morgan fingerprint density at radius 3 is 2.35 bits per heavy atom. The first-order valence-corrected chi connectivity index (χ1v) is 8.51. The third-order valence-corrected chi connectivity index (χ3v) is 3.92. The van der Waals surface area contributed by atoms with Gasteiger partial charge in [0.15, 0.2) is 5.96 Å². The van der Waals surface area contributed by atoms with Crippen molar-refractivity contribution >= 4 is 11.9 Å². The highest BCUT2D eigenvalue weighted by molar-refractivity contribution is 5.88. The number of piperazine rings is 1. The Hall–Kier alpha value is -1.30. The summed E-state index contributed by atoms with van der Waals surface area (Å²) in [4.78, 5) is 20.9. The number of hydrogen-bond donors (Lipinski definition) is 2. The van der Waals surface area contributed by atoms with Crippen LogP contribution in [-0.2, 0) is 4.79 Å². The number of rotatable bonds is 4. The highest BCUT2D eigenvalue weighted by atomic mass is 16.2. The van der Waals surface area contributed by atoms with Crippen LogP contribution in [0.15, 0.2) is 4.99 Å². The molecule has 0 saturated carbocycles. The predicted octanol–water partition coefficient (Wildman–Crippen LogP) is 1.28. The van der Waals surface area contributed by atoms with E-state index in [1.165, 1.54) is 0 Å². The fourth-order valence-corrected chi connectivity index (χ4v) is 3.26. The highest BCUT2D eigenvalue weighted by Gasteiger charge is 2.40. The van der Waals surface area contributed by atoms with Crippen LogP contribution in [0.5, 0.6) is 0 Å². The van der Waals surface area contributed by atoms with Crippen LogP contribution in [0.3, 0.4) is 0 Å². The minimum Gasteiger partial charge on any atom is -0.355 e. The van der Waals surface area contributed by atoms with Gasteiger partial charge < -0.3 is 20.4 Å². The summed E-state index contributed by atoms with van der Waals surface area (Å²) >= 11 is 0. The topological polar surface area (TPSA) is 60.0 Å². The van der Waals surface area contributed by atoms with Gasteiger partial charge in [-0.3, -0.25) is 9.79 Å². The molecule has 1 rings (SSSR count). The first-order valence-electron chi connectivity index (χ1n) is 8.51. The van der Waals surface area contributed by atoms with Crippen molar-refractivity contribution in [2.24, 2.45) is 4.99 Å². The monoisotopic (exact) mass is 325 g/mol. The molecule has 134 valence electrons. The number of hydrogen-bond acceptors (Lipinski definition) is 3. The van der Waals surface area contributed by atoms with Crippen LogP contribution >= 0.6 is 0 Å². The van der Waals surface area contributed by atoms with Crippen LogP contribution < -0.4 is 10.6 Å².